The summed E-state index contributed by atoms with van der Waals surface area (Å²) < 4.78 is 15.6. The number of hydrogen-bond donors (Lipinski definition) is 1. The monoisotopic (exact) mass is 436 g/mol. The number of pyridine rings is 1. The highest BCUT2D eigenvalue weighted by molar-refractivity contribution is 6.41. The minimum atomic E-state index is 0.186. The molecule has 1 aromatic carbocycles. The minimum Gasteiger partial charge on any atom is -0.495 e. The van der Waals surface area contributed by atoms with Gasteiger partial charge in [0.2, 0.25) is 5.95 Å². The maximum Gasteiger partial charge on any atom is 0.220 e. The number of fused-ring (bicyclic) bond motifs is 1. The zero-order chi connectivity index (χ0) is 20.8. The number of anilines is 1. The molecule has 1 saturated heterocycles. The molecule has 3 heterocycles. The number of nitrogens with two attached hydrogens (primary N) is 1. The van der Waals surface area contributed by atoms with Crippen molar-refractivity contribution >= 4 is 40.1 Å². The summed E-state index contributed by atoms with van der Waals surface area (Å²) in [5.74, 6) is 1.07. The van der Waals surface area contributed by atoms with Gasteiger partial charge in [-0.3, -0.25) is 4.98 Å². The molecule has 4 rings (SSSR count). The van der Waals surface area contributed by atoms with E-state index in [0.29, 0.717) is 38.3 Å². The summed E-state index contributed by atoms with van der Waals surface area (Å²) in [6.07, 6.45) is 7.13. The number of aromatic nitrogens is 3. The fourth-order valence-corrected chi connectivity index (χ4v) is 3.58. The maximum absolute atomic E-state index is 6.40. The van der Waals surface area contributed by atoms with E-state index in [4.69, 9.17) is 43.1 Å². The number of rotatable bonds is 3. The fraction of sp³-hybridized carbons (Fsp3) is 0.350. The van der Waals surface area contributed by atoms with Crippen LogP contribution in [0.5, 0.6) is 11.5 Å². The molecule has 29 heavy (non-hydrogen) atoms. The summed E-state index contributed by atoms with van der Waals surface area (Å²) in [5.41, 5.74) is 7.27. The van der Waals surface area contributed by atoms with Crippen LogP contribution in [0.15, 0.2) is 24.5 Å². The Morgan fingerprint density at radius 3 is 2.10 bits per heavy atom. The zero-order valence-corrected chi connectivity index (χ0v) is 17.8. The third-order valence-electron chi connectivity index (χ3n) is 4.39. The van der Waals surface area contributed by atoms with Crippen LogP contribution in [0.2, 0.25) is 10.0 Å². The normalized spacial score (nSPS) is 13.5. The molecule has 1 aliphatic heterocycles. The number of nitrogen functional groups attached to an aromatic ring is 1. The summed E-state index contributed by atoms with van der Waals surface area (Å²) >= 11 is 12.8. The molecule has 0 atom stereocenters. The molecule has 2 N–H and O–H groups in total. The summed E-state index contributed by atoms with van der Waals surface area (Å²) in [6, 6.07) is 3.40. The molecule has 0 spiro atoms. The van der Waals surface area contributed by atoms with E-state index in [-0.39, 0.29) is 5.95 Å². The van der Waals surface area contributed by atoms with E-state index < -0.39 is 0 Å². The van der Waals surface area contributed by atoms with Crippen LogP contribution in [0.25, 0.3) is 22.2 Å². The molecule has 0 amide bonds. The predicted molar refractivity (Wildman–Crippen MR) is 115 cm³/mol. The van der Waals surface area contributed by atoms with Crippen LogP contribution in [0, 0.1) is 0 Å². The molecule has 1 fully saturated rings. The minimum absolute atomic E-state index is 0.186. The van der Waals surface area contributed by atoms with Crippen molar-refractivity contribution in [3.05, 3.63) is 34.6 Å². The second-order valence-corrected chi connectivity index (χ2v) is 7.07. The molecule has 0 aliphatic carbocycles. The summed E-state index contributed by atoms with van der Waals surface area (Å²) in [5, 5.41) is 1.46. The Morgan fingerprint density at radius 1 is 0.931 bits per heavy atom. The number of methoxy groups -OCH3 is 2. The van der Waals surface area contributed by atoms with Gasteiger partial charge >= 0.3 is 0 Å². The quantitative estimate of drug-likeness (QED) is 0.630. The summed E-state index contributed by atoms with van der Waals surface area (Å²) in [7, 11) is 3.03. The molecule has 0 saturated carbocycles. The van der Waals surface area contributed by atoms with E-state index in [0.717, 1.165) is 18.6 Å². The highest BCUT2D eigenvalue weighted by Crippen LogP contribution is 2.45. The number of ether oxygens (including phenoxy) is 3. The van der Waals surface area contributed by atoms with Crippen molar-refractivity contribution < 1.29 is 14.2 Å². The van der Waals surface area contributed by atoms with Crippen molar-refractivity contribution in [2.45, 2.75) is 19.3 Å². The third-order valence-corrected chi connectivity index (χ3v) is 5.14. The van der Waals surface area contributed by atoms with Crippen LogP contribution in [0.3, 0.4) is 0 Å². The van der Waals surface area contributed by atoms with Gasteiger partial charge in [0, 0.05) is 36.4 Å². The lowest BCUT2D eigenvalue weighted by Gasteiger charge is -2.14. The van der Waals surface area contributed by atoms with Gasteiger partial charge in [-0.25, -0.2) is 9.97 Å². The number of halogens is 2. The molecular weight excluding hydrogens is 415 g/mol. The SMILES string of the molecule is C1CCOCC1.COc1cc(OC)c(Cl)c(-c2cc3cnc(N)nc3cn2)c1Cl. The second-order valence-electron chi connectivity index (χ2n) is 6.31. The second kappa shape index (κ2) is 9.91. The van der Waals surface area contributed by atoms with Gasteiger partial charge in [0.1, 0.15) is 11.5 Å². The Bertz CT molecular complexity index is 957. The van der Waals surface area contributed by atoms with Crippen molar-refractivity contribution in [2.24, 2.45) is 0 Å². The largest absolute Gasteiger partial charge is 0.495 e. The van der Waals surface area contributed by atoms with Crippen LogP contribution in [0.1, 0.15) is 19.3 Å². The van der Waals surface area contributed by atoms with E-state index in [1.165, 1.54) is 33.5 Å². The Balaban J connectivity index is 0.000000343. The van der Waals surface area contributed by atoms with Gasteiger partial charge in [0.25, 0.3) is 0 Å². The lowest BCUT2D eigenvalue weighted by molar-refractivity contribution is 0.0968. The van der Waals surface area contributed by atoms with E-state index >= 15 is 0 Å². The van der Waals surface area contributed by atoms with E-state index in [1.54, 1.807) is 24.5 Å². The Morgan fingerprint density at radius 2 is 1.59 bits per heavy atom. The van der Waals surface area contributed by atoms with E-state index in [9.17, 15) is 0 Å². The molecule has 0 bridgehead atoms. The first-order valence-corrected chi connectivity index (χ1v) is 9.87. The van der Waals surface area contributed by atoms with Crippen molar-refractivity contribution in [3.8, 4) is 22.8 Å². The van der Waals surface area contributed by atoms with Crippen molar-refractivity contribution in [2.75, 3.05) is 33.2 Å². The Labute approximate surface area is 179 Å². The summed E-state index contributed by atoms with van der Waals surface area (Å²) in [4.78, 5) is 12.5. The van der Waals surface area contributed by atoms with Gasteiger partial charge in [-0.05, 0) is 25.3 Å². The van der Waals surface area contributed by atoms with Crippen LogP contribution in [0.4, 0.5) is 5.95 Å². The van der Waals surface area contributed by atoms with Crippen LogP contribution in [-0.2, 0) is 4.74 Å². The van der Waals surface area contributed by atoms with E-state index in [2.05, 4.69) is 15.0 Å². The topological polar surface area (TPSA) is 92.4 Å². The highest BCUT2D eigenvalue weighted by Gasteiger charge is 2.20. The first-order valence-electron chi connectivity index (χ1n) is 9.11. The Hall–Kier alpha value is -2.35. The lowest BCUT2D eigenvalue weighted by atomic mass is 10.1. The van der Waals surface area contributed by atoms with Gasteiger partial charge in [0.05, 0.1) is 41.7 Å². The van der Waals surface area contributed by atoms with Crippen LogP contribution >= 0.6 is 23.2 Å². The molecule has 9 heteroatoms. The Kier molecular flexibility index (Phi) is 7.30. The number of benzene rings is 1. The first kappa shape index (κ1) is 21.4. The van der Waals surface area contributed by atoms with Crippen molar-refractivity contribution in [1.82, 2.24) is 15.0 Å². The summed E-state index contributed by atoms with van der Waals surface area (Å²) in [6.45, 7) is 2.00. The van der Waals surface area contributed by atoms with Crippen LogP contribution in [-0.4, -0.2) is 42.4 Å². The molecule has 0 unspecified atom stereocenters. The molecule has 2 aromatic heterocycles. The van der Waals surface area contributed by atoms with Gasteiger partial charge in [-0.15, -0.1) is 0 Å². The molecule has 0 radical (unpaired) electrons. The predicted octanol–water partition coefficient (Wildman–Crippen LogP) is 4.78. The standard InChI is InChI=1S/C15H12Cl2N4O2.C5H10O/c1-22-10-4-11(23-2)14(17)12(13(10)16)8-3-7-5-20-15(18)21-9(7)6-19-8;1-2-4-6-5-3-1/h3-6H,1-2H3,(H2,18,20,21);1-5H2. The number of nitrogens with zero attached hydrogens (tertiary/aromatic N) is 3. The smallest absolute Gasteiger partial charge is 0.220 e. The highest BCUT2D eigenvalue weighted by atomic mass is 35.5. The van der Waals surface area contributed by atoms with Gasteiger partial charge < -0.3 is 19.9 Å². The molecule has 7 nitrogen and oxygen atoms in total. The van der Waals surface area contributed by atoms with E-state index in [1.807, 2.05) is 0 Å². The van der Waals surface area contributed by atoms with Crippen molar-refractivity contribution in [1.29, 1.82) is 0 Å². The molecule has 3 aromatic rings. The van der Waals surface area contributed by atoms with Gasteiger partial charge in [-0.1, -0.05) is 23.2 Å². The average Bonchev–Trinajstić information content (AvgIpc) is 2.76. The molecular formula is C20H22Cl2N4O3. The van der Waals surface area contributed by atoms with Gasteiger partial charge in [-0.2, -0.15) is 0 Å². The van der Waals surface area contributed by atoms with Crippen molar-refractivity contribution in [3.63, 3.8) is 0 Å². The van der Waals surface area contributed by atoms with Crippen LogP contribution < -0.4 is 15.2 Å². The first-order chi connectivity index (χ1) is 14.0. The maximum atomic E-state index is 6.40. The molecule has 154 valence electrons. The number of hydrogen-bond acceptors (Lipinski definition) is 7. The zero-order valence-electron chi connectivity index (χ0n) is 16.2. The average molecular weight is 437 g/mol. The third kappa shape index (κ3) is 4.98. The molecule has 1 aliphatic rings. The van der Waals surface area contributed by atoms with Gasteiger partial charge in [0.15, 0.2) is 0 Å². The lowest BCUT2D eigenvalue weighted by Crippen LogP contribution is -2.03. The fourth-order valence-electron chi connectivity index (χ4n) is 2.88.